The zero-order chi connectivity index (χ0) is 13.8. The van der Waals surface area contributed by atoms with E-state index in [1.165, 1.54) is 25.7 Å². The number of nitrogens with two attached hydrogens (primary N) is 1. The van der Waals surface area contributed by atoms with Crippen LogP contribution in [-0.4, -0.2) is 24.0 Å². The van der Waals surface area contributed by atoms with Gasteiger partial charge in [0.1, 0.15) is 0 Å². The molecule has 2 unspecified atom stereocenters. The SMILES string of the molecule is CCC1CCCCN1C(CN)c1ccc(Cl)cc1Cl. The molecule has 1 saturated heterocycles. The summed E-state index contributed by atoms with van der Waals surface area (Å²) in [6.45, 7) is 3.96. The molecule has 1 aromatic carbocycles. The molecule has 0 amide bonds. The van der Waals surface area contributed by atoms with Crippen molar-refractivity contribution >= 4 is 23.2 Å². The van der Waals surface area contributed by atoms with Crippen LogP contribution in [0.3, 0.4) is 0 Å². The second-order valence-electron chi connectivity index (χ2n) is 5.21. The molecule has 0 spiro atoms. The summed E-state index contributed by atoms with van der Waals surface area (Å²) in [6, 6.07) is 6.55. The second-order valence-corrected chi connectivity index (χ2v) is 6.06. The van der Waals surface area contributed by atoms with Crippen molar-refractivity contribution in [1.82, 2.24) is 4.90 Å². The maximum Gasteiger partial charge on any atom is 0.0488 e. The number of nitrogens with zero attached hydrogens (tertiary/aromatic N) is 1. The summed E-state index contributed by atoms with van der Waals surface area (Å²) in [5.41, 5.74) is 7.13. The molecule has 2 rings (SSSR count). The van der Waals surface area contributed by atoms with Crippen LogP contribution in [0.4, 0.5) is 0 Å². The molecule has 1 aliphatic heterocycles. The number of hydrogen-bond acceptors (Lipinski definition) is 2. The molecular weight excluding hydrogens is 279 g/mol. The van der Waals surface area contributed by atoms with E-state index in [1.54, 1.807) is 0 Å². The van der Waals surface area contributed by atoms with Gasteiger partial charge in [-0.1, -0.05) is 42.6 Å². The van der Waals surface area contributed by atoms with Crippen molar-refractivity contribution in [2.24, 2.45) is 5.73 Å². The first kappa shape index (κ1) is 15.1. The lowest BCUT2D eigenvalue weighted by atomic mass is 9.95. The molecule has 2 N–H and O–H groups in total. The highest BCUT2D eigenvalue weighted by atomic mass is 35.5. The molecule has 1 aliphatic rings. The Kier molecular flexibility index (Phi) is 5.52. The molecule has 2 atom stereocenters. The Balaban J connectivity index is 2.27. The minimum atomic E-state index is 0.204. The average Bonchev–Trinajstić information content (AvgIpc) is 2.42. The minimum absolute atomic E-state index is 0.204. The zero-order valence-electron chi connectivity index (χ0n) is 11.4. The molecule has 0 radical (unpaired) electrons. The van der Waals surface area contributed by atoms with E-state index in [1.807, 2.05) is 18.2 Å². The maximum atomic E-state index is 6.35. The van der Waals surface area contributed by atoms with E-state index in [9.17, 15) is 0 Å². The van der Waals surface area contributed by atoms with Crippen molar-refractivity contribution in [1.29, 1.82) is 0 Å². The van der Waals surface area contributed by atoms with Gasteiger partial charge in [0.05, 0.1) is 0 Å². The summed E-state index contributed by atoms with van der Waals surface area (Å²) in [6.07, 6.45) is 5.00. The number of benzene rings is 1. The summed E-state index contributed by atoms with van der Waals surface area (Å²) in [5.74, 6) is 0. The maximum absolute atomic E-state index is 6.35. The molecule has 0 aromatic heterocycles. The Morgan fingerprint density at radius 2 is 2.16 bits per heavy atom. The van der Waals surface area contributed by atoms with Crippen molar-refractivity contribution in [3.63, 3.8) is 0 Å². The van der Waals surface area contributed by atoms with Gasteiger partial charge in [-0.25, -0.2) is 0 Å². The second kappa shape index (κ2) is 6.94. The van der Waals surface area contributed by atoms with Crippen LogP contribution in [0.2, 0.25) is 10.0 Å². The smallest absolute Gasteiger partial charge is 0.0488 e. The average molecular weight is 301 g/mol. The van der Waals surface area contributed by atoms with Gasteiger partial charge in [0.25, 0.3) is 0 Å². The first-order chi connectivity index (χ1) is 9.17. The number of rotatable bonds is 4. The van der Waals surface area contributed by atoms with Crippen LogP contribution in [0.5, 0.6) is 0 Å². The molecule has 4 heteroatoms. The lowest BCUT2D eigenvalue weighted by Gasteiger charge is -2.41. The fourth-order valence-electron chi connectivity index (χ4n) is 3.08. The fourth-order valence-corrected chi connectivity index (χ4v) is 3.62. The summed E-state index contributed by atoms with van der Waals surface area (Å²) in [4.78, 5) is 2.53. The first-order valence-electron chi connectivity index (χ1n) is 7.08. The highest BCUT2D eigenvalue weighted by Gasteiger charge is 2.29. The summed E-state index contributed by atoms with van der Waals surface area (Å²) >= 11 is 12.3. The van der Waals surface area contributed by atoms with Gasteiger partial charge in [-0.15, -0.1) is 0 Å². The van der Waals surface area contributed by atoms with Crippen molar-refractivity contribution in [2.45, 2.75) is 44.7 Å². The highest BCUT2D eigenvalue weighted by Crippen LogP contribution is 2.34. The third-order valence-electron chi connectivity index (χ3n) is 4.09. The van der Waals surface area contributed by atoms with Gasteiger partial charge < -0.3 is 5.73 Å². The Hall–Kier alpha value is -0.280. The van der Waals surface area contributed by atoms with Crippen LogP contribution >= 0.6 is 23.2 Å². The highest BCUT2D eigenvalue weighted by molar-refractivity contribution is 6.35. The molecule has 19 heavy (non-hydrogen) atoms. The lowest BCUT2D eigenvalue weighted by Crippen LogP contribution is -2.44. The lowest BCUT2D eigenvalue weighted by molar-refractivity contribution is 0.0950. The first-order valence-corrected chi connectivity index (χ1v) is 7.83. The van der Waals surface area contributed by atoms with Gasteiger partial charge in [0.2, 0.25) is 0 Å². The Morgan fingerprint density at radius 1 is 1.37 bits per heavy atom. The number of likely N-dealkylation sites (tertiary alicyclic amines) is 1. The van der Waals surface area contributed by atoms with Crippen LogP contribution in [0.1, 0.15) is 44.2 Å². The topological polar surface area (TPSA) is 29.3 Å². The van der Waals surface area contributed by atoms with Gasteiger partial charge in [0.15, 0.2) is 0 Å². The van der Waals surface area contributed by atoms with E-state index < -0.39 is 0 Å². The van der Waals surface area contributed by atoms with E-state index in [0.29, 0.717) is 17.6 Å². The Labute approximate surface area is 125 Å². The van der Waals surface area contributed by atoms with Gasteiger partial charge in [-0.2, -0.15) is 0 Å². The number of halogens is 2. The largest absolute Gasteiger partial charge is 0.329 e. The van der Waals surface area contributed by atoms with Crippen LogP contribution in [-0.2, 0) is 0 Å². The van der Waals surface area contributed by atoms with Crippen molar-refractivity contribution in [3.05, 3.63) is 33.8 Å². The third-order valence-corrected chi connectivity index (χ3v) is 4.65. The summed E-state index contributed by atoms with van der Waals surface area (Å²) in [7, 11) is 0. The number of piperidine rings is 1. The van der Waals surface area contributed by atoms with Gasteiger partial charge in [-0.05, 0) is 43.5 Å². The van der Waals surface area contributed by atoms with Crippen LogP contribution < -0.4 is 5.73 Å². The van der Waals surface area contributed by atoms with Crippen LogP contribution in [0, 0.1) is 0 Å². The number of hydrogen-bond donors (Lipinski definition) is 1. The predicted molar refractivity (Wildman–Crippen MR) is 82.9 cm³/mol. The van der Waals surface area contributed by atoms with E-state index in [0.717, 1.165) is 17.1 Å². The molecule has 0 aliphatic carbocycles. The van der Waals surface area contributed by atoms with Gasteiger partial charge in [0, 0.05) is 28.7 Å². The van der Waals surface area contributed by atoms with Crippen molar-refractivity contribution in [3.8, 4) is 0 Å². The van der Waals surface area contributed by atoms with E-state index >= 15 is 0 Å². The quantitative estimate of drug-likeness (QED) is 0.900. The molecule has 1 fully saturated rings. The van der Waals surface area contributed by atoms with Gasteiger partial charge >= 0.3 is 0 Å². The Morgan fingerprint density at radius 3 is 2.79 bits per heavy atom. The van der Waals surface area contributed by atoms with Gasteiger partial charge in [-0.3, -0.25) is 4.90 Å². The van der Waals surface area contributed by atoms with E-state index in [-0.39, 0.29) is 6.04 Å². The summed E-state index contributed by atoms with van der Waals surface area (Å²) in [5, 5.41) is 1.40. The van der Waals surface area contributed by atoms with E-state index in [4.69, 9.17) is 28.9 Å². The predicted octanol–water partition coefficient (Wildman–Crippen LogP) is 4.26. The Bertz CT molecular complexity index is 423. The normalized spacial score (nSPS) is 22.4. The monoisotopic (exact) mass is 300 g/mol. The molecule has 0 saturated carbocycles. The van der Waals surface area contributed by atoms with Crippen LogP contribution in [0.15, 0.2) is 18.2 Å². The molecule has 0 bridgehead atoms. The fraction of sp³-hybridized carbons (Fsp3) is 0.600. The molecule has 106 valence electrons. The minimum Gasteiger partial charge on any atom is -0.329 e. The third kappa shape index (κ3) is 3.43. The van der Waals surface area contributed by atoms with Crippen LogP contribution in [0.25, 0.3) is 0 Å². The molecular formula is C15H22Cl2N2. The molecule has 2 nitrogen and oxygen atoms in total. The summed E-state index contributed by atoms with van der Waals surface area (Å²) < 4.78 is 0. The molecule has 1 aromatic rings. The molecule has 1 heterocycles. The van der Waals surface area contributed by atoms with Crippen molar-refractivity contribution in [2.75, 3.05) is 13.1 Å². The standard InChI is InChI=1S/C15H22Cl2N2/c1-2-12-5-3-4-8-19(12)15(10-18)13-7-6-11(16)9-14(13)17/h6-7,9,12,15H,2-5,8,10,18H2,1H3. The zero-order valence-corrected chi connectivity index (χ0v) is 12.9. The van der Waals surface area contributed by atoms with E-state index in [2.05, 4.69) is 11.8 Å². The van der Waals surface area contributed by atoms with Crippen molar-refractivity contribution < 1.29 is 0 Å².